The van der Waals surface area contributed by atoms with Gasteiger partial charge in [0.25, 0.3) is 0 Å². The maximum Gasteiger partial charge on any atom is 0.402 e. The molecule has 0 unspecified atom stereocenters. The van der Waals surface area contributed by atoms with E-state index in [4.69, 9.17) is 9.05 Å². The molecule has 0 aliphatic heterocycles. The number of aliphatic hydroxyl groups excluding tert-OH is 1. The minimum atomic E-state index is -4.96. The molecule has 0 spiro atoms. The van der Waals surface area contributed by atoms with Gasteiger partial charge < -0.3 is 14.2 Å². The van der Waals surface area contributed by atoms with E-state index >= 15 is 8.78 Å². The third-order valence-electron chi connectivity index (χ3n) is 3.96. The lowest BCUT2D eigenvalue weighted by molar-refractivity contribution is -0.0659. The molecule has 1 N–H and O–H groups in total. The Labute approximate surface area is 168 Å². The van der Waals surface area contributed by atoms with Crippen LogP contribution in [0.3, 0.4) is 0 Å². The SMILES string of the molecule is CCOP(=O)(OCC)C(F)(F)[C@@H](O)[C@@H](CC=C(C)C)[S@@](=O)c1ccc(C)cc1. The predicted molar refractivity (Wildman–Crippen MR) is 107 cm³/mol. The normalized spacial score (nSPS) is 15.7. The number of aryl methyl sites for hydroxylation is 1. The van der Waals surface area contributed by atoms with Crippen molar-refractivity contribution in [3.63, 3.8) is 0 Å². The average Bonchev–Trinajstić information content (AvgIpc) is 2.62. The van der Waals surface area contributed by atoms with Gasteiger partial charge in [-0.3, -0.25) is 8.77 Å². The average molecular weight is 438 g/mol. The first-order valence-corrected chi connectivity index (χ1v) is 11.8. The largest absolute Gasteiger partial charge is 0.402 e. The third kappa shape index (κ3) is 6.04. The first-order valence-electron chi connectivity index (χ1n) is 9.05. The van der Waals surface area contributed by atoms with Crippen LogP contribution in [0.4, 0.5) is 8.78 Å². The van der Waals surface area contributed by atoms with Crippen LogP contribution < -0.4 is 0 Å². The molecule has 0 heterocycles. The van der Waals surface area contributed by atoms with Crippen LogP contribution >= 0.6 is 7.60 Å². The molecule has 0 aromatic heterocycles. The molecule has 1 rings (SSSR count). The minimum absolute atomic E-state index is 0.0855. The second-order valence-electron chi connectivity index (χ2n) is 6.53. The zero-order chi connectivity index (χ0) is 21.5. The maximum absolute atomic E-state index is 15.0. The summed E-state index contributed by atoms with van der Waals surface area (Å²) in [6.07, 6.45) is -0.964. The van der Waals surface area contributed by atoms with Crippen LogP contribution in [0.5, 0.6) is 0 Å². The lowest BCUT2D eigenvalue weighted by atomic mass is 10.1. The molecule has 160 valence electrons. The van der Waals surface area contributed by atoms with Crippen molar-refractivity contribution in [3.05, 3.63) is 41.5 Å². The molecule has 1 aromatic rings. The van der Waals surface area contributed by atoms with Crippen LogP contribution in [0.1, 0.15) is 39.7 Å². The molecule has 0 amide bonds. The fourth-order valence-corrected chi connectivity index (χ4v) is 5.60. The quantitative estimate of drug-likeness (QED) is 0.387. The van der Waals surface area contributed by atoms with Gasteiger partial charge in [-0.1, -0.05) is 29.3 Å². The zero-order valence-electron chi connectivity index (χ0n) is 16.9. The Morgan fingerprint density at radius 1 is 1.21 bits per heavy atom. The second kappa shape index (κ2) is 10.7. The summed E-state index contributed by atoms with van der Waals surface area (Å²) in [7, 11) is -6.93. The van der Waals surface area contributed by atoms with Crippen molar-refractivity contribution in [2.45, 2.75) is 63.0 Å². The molecule has 5 nitrogen and oxygen atoms in total. The molecule has 0 radical (unpaired) electrons. The van der Waals surface area contributed by atoms with Gasteiger partial charge in [0.1, 0.15) is 6.10 Å². The molecule has 0 aliphatic rings. The van der Waals surface area contributed by atoms with E-state index in [0.717, 1.165) is 11.1 Å². The first kappa shape index (κ1) is 25.1. The number of hydrogen-bond donors (Lipinski definition) is 1. The Bertz CT molecular complexity index is 722. The molecule has 0 saturated carbocycles. The number of allylic oxidation sites excluding steroid dienone is 2. The summed E-state index contributed by atoms with van der Waals surface area (Å²) >= 11 is 0. The lowest BCUT2D eigenvalue weighted by Crippen LogP contribution is -2.45. The standard InChI is InChI=1S/C19H29F2O5PS/c1-6-25-27(23,26-7-2)19(20,21)18(22)17(13-8-14(3)4)28(24)16-11-9-15(5)10-12-16/h8-12,17-18,22H,6-7,13H2,1-5H3/t17-,18+,28+/m1/s1. The van der Waals surface area contributed by atoms with Gasteiger partial charge in [0.2, 0.25) is 0 Å². The molecule has 28 heavy (non-hydrogen) atoms. The van der Waals surface area contributed by atoms with Crippen molar-refractivity contribution < 1.29 is 31.7 Å². The molecule has 1 aromatic carbocycles. The highest BCUT2D eigenvalue weighted by Crippen LogP contribution is 2.64. The van der Waals surface area contributed by atoms with Crippen LogP contribution in [0, 0.1) is 6.92 Å². The molecule has 3 atom stereocenters. The van der Waals surface area contributed by atoms with Gasteiger partial charge in [-0.25, -0.2) is 0 Å². The summed E-state index contributed by atoms with van der Waals surface area (Å²) in [4.78, 5) is 0.301. The molecule has 0 fully saturated rings. The Balaban J connectivity index is 3.34. The Kier molecular flexibility index (Phi) is 9.64. The van der Waals surface area contributed by atoms with E-state index in [1.165, 1.54) is 13.8 Å². The summed E-state index contributed by atoms with van der Waals surface area (Å²) in [6, 6.07) is 6.55. The van der Waals surface area contributed by atoms with Gasteiger partial charge in [-0.15, -0.1) is 0 Å². The lowest BCUT2D eigenvalue weighted by Gasteiger charge is -2.32. The van der Waals surface area contributed by atoms with E-state index in [1.54, 1.807) is 44.2 Å². The summed E-state index contributed by atoms with van der Waals surface area (Å²) in [5, 5.41) is 9.12. The van der Waals surface area contributed by atoms with E-state index in [9.17, 15) is 13.9 Å². The number of hydrogen-bond acceptors (Lipinski definition) is 5. The van der Waals surface area contributed by atoms with E-state index in [0.29, 0.717) is 4.90 Å². The van der Waals surface area contributed by atoms with Gasteiger partial charge >= 0.3 is 13.3 Å². The fraction of sp³-hybridized carbons (Fsp3) is 0.579. The fourth-order valence-electron chi connectivity index (χ4n) is 2.47. The molecule has 0 saturated heterocycles. The Morgan fingerprint density at radius 2 is 1.71 bits per heavy atom. The Morgan fingerprint density at radius 3 is 2.14 bits per heavy atom. The molecular weight excluding hydrogens is 409 g/mol. The van der Waals surface area contributed by atoms with Crippen molar-refractivity contribution >= 4 is 18.4 Å². The van der Waals surface area contributed by atoms with Crippen molar-refractivity contribution in [3.8, 4) is 0 Å². The molecule has 0 bridgehead atoms. The smallest absolute Gasteiger partial charge is 0.385 e. The van der Waals surface area contributed by atoms with E-state index < -0.39 is 35.4 Å². The number of aliphatic hydroxyl groups is 1. The van der Waals surface area contributed by atoms with Crippen LogP contribution in [0.25, 0.3) is 0 Å². The maximum atomic E-state index is 15.0. The highest BCUT2D eigenvalue weighted by Gasteiger charge is 2.61. The van der Waals surface area contributed by atoms with Gasteiger partial charge in [-0.2, -0.15) is 8.78 Å². The minimum Gasteiger partial charge on any atom is -0.385 e. The van der Waals surface area contributed by atoms with Crippen molar-refractivity contribution in [2.24, 2.45) is 0 Å². The van der Waals surface area contributed by atoms with Crippen molar-refractivity contribution in [1.82, 2.24) is 0 Å². The molecule has 9 heteroatoms. The summed E-state index contributed by atoms with van der Waals surface area (Å²) in [6.45, 7) is 7.62. The number of alkyl halides is 2. The van der Waals surface area contributed by atoms with Crippen LogP contribution in [0.2, 0.25) is 0 Å². The van der Waals surface area contributed by atoms with Crippen LogP contribution in [-0.4, -0.2) is 39.5 Å². The molecule has 0 aliphatic carbocycles. The number of benzene rings is 1. The highest BCUT2D eigenvalue weighted by molar-refractivity contribution is 7.85. The Hall–Kier alpha value is -0.920. The van der Waals surface area contributed by atoms with E-state index in [1.807, 2.05) is 6.92 Å². The van der Waals surface area contributed by atoms with Crippen LogP contribution in [0.15, 0.2) is 40.8 Å². The van der Waals surface area contributed by atoms with Gasteiger partial charge in [0.05, 0.1) is 29.3 Å². The summed E-state index contributed by atoms with van der Waals surface area (Å²) < 4.78 is 65.2. The van der Waals surface area contributed by atoms with E-state index in [-0.39, 0.29) is 19.6 Å². The summed E-state index contributed by atoms with van der Waals surface area (Å²) in [5.74, 6) is 0. The second-order valence-corrected chi connectivity index (χ2v) is 10.3. The monoisotopic (exact) mass is 438 g/mol. The predicted octanol–water partition coefficient (Wildman–Crippen LogP) is 5.05. The highest BCUT2D eigenvalue weighted by atomic mass is 32.2. The third-order valence-corrected chi connectivity index (χ3v) is 7.89. The number of halogens is 2. The number of rotatable bonds is 11. The molecular formula is C19H29F2O5PS. The van der Waals surface area contributed by atoms with Gasteiger partial charge in [-0.05, 0) is 53.2 Å². The van der Waals surface area contributed by atoms with Crippen LogP contribution in [-0.2, 0) is 24.4 Å². The van der Waals surface area contributed by atoms with Gasteiger partial charge in [0, 0.05) is 4.90 Å². The van der Waals surface area contributed by atoms with Crippen molar-refractivity contribution in [2.75, 3.05) is 13.2 Å². The van der Waals surface area contributed by atoms with Crippen molar-refractivity contribution in [1.29, 1.82) is 0 Å². The zero-order valence-corrected chi connectivity index (χ0v) is 18.6. The first-order chi connectivity index (χ1) is 13.0. The summed E-state index contributed by atoms with van der Waals surface area (Å²) in [5.41, 5.74) is -2.48. The van der Waals surface area contributed by atoms with Gasteiger partial charge in [0.15, 0.2) is 0 Å². The topological polar surface area (TPSA) is 72.8 Å². The van der Waals surface area contributed by atoms with E-state index in [2.05, 4.69) is 0 Å².